The summed E-state index contributed by atoms with van der Waals surface area (Å²) < 4.78 is 5.38. The molecule has 0 aromatic rings. The first kappa shape index (κ1) is 14.0. The number of hydrogen-bond donors (Lipinski definition) is 1. The van der Waals surface area contributed by atoms with E-state index in [1.54, 1.807) is 0 Å². The van der Waals surface area contributed by atoms with E-state index in [4.69, 9.17) is 4.74 Å². The number of morpholine rings is 1. The summed E-state index contributed by atoms with van der Waals surface area (Å²) >= 11 is 0. The number of carboxylic acid groups (broad SMARTS) is 1. The van der Waals surface area contributed by atoms with Crippen molar-refractivity contribution < 1.29 is 14.6 Å². The molecular weight excluding hydrogens is 256 g/mol. The fourth-order valence-electron chi connectivity index (χ4n) is 3.87. The van der Waals surface area contributed by atoms with Gasteiger partial charge in [-0.05, 0) is 19.3 Å². The number of carbonyl (C=O) groups is 1. The average Bonchev–Trinajstić information content (AvgIpc) is 3.02. The number of ether oxygens (including phenoxy) is 1. The fraction of sp³-hybridized carbons (Fsp3) is 0.800. The van der Waals surface area contributed by atoms with Crippen molar-refractivity contribution in [3.8, 4) is 0 Å². The van der Waals surface area contributed by atoms with Crippen LogP contribution in [0.25, 0.3) is 0 Å². The van der Waals surface area contributed by atoms with E-state index in [0.717, 1.165) is 58.7 Å². The van der Waals surface area contributed by atoms with Crippen LogP contribution in [0, 0.1) is 5.92 Å². The Morgan fingerprint density at radius 3 is 2.45 bits per heavy atom. The third-order valence-corrected chi connectivity index (χ3v) is 4.98. The van der Waals surface area contributed by atoms with E-state index in [1.807, 2.05) is 0 Å². The smallest absolute Gasteiger partial charge is 0.308 e. The van der Waals surface area contributed by atoms with Gasteiger partial charge in [-0.3, -0.25) is 14.6 Å². The molecule has 0 spiro atoms. The van der Waals surface area contributed by atoms with Crippen LogP contribution in [0.5, 0.6) is 0 Å². The van der Waals surface area contributed by atoms with E-state index < -0.39 is 5.97 Å². The Morgan fingerprint density at radius 2 is 1.80 bits per heavy atom. The van der Waals surface area contributed by atoms with Gasteiger partial charge in [0.05, 0.1) is 19.1 Å². The van der Waals surface area contributed by atoms with Crippen molar-refractivity contribution in [2.45, 2.75) is 31.3 Å². The maximum Gasteiger partial charge on any atom is 0.308 e. The van der Waals surface area contributed by atoms with Crippen molar-refractivity contribution >= 4 is 5.97 Å². The topological polar surface area (TPSA) is 53.0 Å². The maximum atomic E-state index is 11.7. The molecular formula is C15H24N2O3. The molecule has 2 aliphatic heterocycles. The number of hydrogen-bond acceptors (Lipinski definition) is 4. The molecule has 2 heterocycles. The Hall–Kier alpha value is -0.910. The van der Waals surface area contributed by atoms with Crippen LogP contribution in [-0.4, -0.2) is 72.4 Å². The van der Waals surface area contributed by atoms with Gasteiger partial charge in [0.15, 0.2) is 0 Å². The van der Waals surface area contributed by atoms with Crippen LogP contribution in [-0.2, 0) is 9.53 Å². The van der Waals surface area contributed by atoms with Crippen molar-refractivity contribution in [1.29, 1.82) is 0 Å². The molecule has 1 saturated carbocycles. The Kier molecular flexibility index (Phi) is 4.38. The summed E-state index contributed by atoms with van der Waals surface area (Å²) in [6.45, 7) is 5.21. The van der Waals surface area contributed by atoms with E-state index in [2.05, 4.69) is 22.0 Å². The Balaban J connectivity index is 1.65. The molecule has 2 fully saturated rings. The summed E-state index contributed by atoms with van der Waals surface area (Å²) in [6.07, 6.45) is 7.28. The van der Waals surface area contributed by atoms with Gasteiger partial charge in [0.2, 0.25) is 0 Å². The van der Waals surface area contributed by atoms with E-state index >= 15 is 0 Å². The quantitative estimate of drug-likeness (QED) is 0.776. The minimum absolute atomic E-state index is 0.197. The molecule has 0 aromatic heterocycles. The van der Waals surface area contributed by atoms with Crippen LogP contribution in [0.15, 0.2) is 12.2 Å². The van der Waals surface area contributed by atoms with Gasteiger partial charge in [-0.2, -0.15) is 0 Å². The highest BCUT2D eigenvalue weighted by atomic mass is 16.5. The molecule has 0 bridgehead atoms. The zero-order valence-corrected chi connectivity index (χ0v) is 11.9. The third kappa shape index (κ3) is 2.90. The van der Waals surface area contributed by atoms with Gasteiger partial charge in [-0.1, -0.05) is 12.2 Å². The highest BCUT2D eigenvalue weighted by Crippen LogP contribution is 2.32. The monoisotopic (exact) mass is 280 g/mol. The maximum absolute atomic E-state index is 11.7. The van der Waals surface area contributed by atoms with Gasteiger partial charge >= 0.3 is 5.97 Å². The normalized spacial score (nSPS) is 36.3. The zero-order chi connectivity index (χ0) is 13.9. The first-order chi connectivity index (χ1) is 9.75. The van der Waals surface area contributed by atoms with Crippen LogP contribution in [0.3, 0.4) is 0 Å². The summed E-state index contributed by atoms with van der Waals surface area (Å²) in [5, 5.41) is 9.61. The van der Waals surface area contributed by atoms with Gasteiger partial charge in [0.1, 0.15) is 0 Å². The van der Waals surface area contributed by atoms with E-state index in [-0.39, 0.29) is 12.0 Å². The molecule has 112 valence electrons. The Morgan fingerprint density at radius 1 is 1.10 bits per heavy atom. The molecule has 5 heteroatoms. The summed E-state index contributed by atoms with van der Waals surface area (Å²) in [5.74, 6) is -0.856. The molecule has 0 amide bonds. The number of carboxylic acids is 1. The number of rotatable bonds is 3. The lowest BCUT2D eigenvalue weighted by Crippen LogP contribution is -2.53. The molecule has 3 rings (SSSR count). The fourth-order valence-corrected chi connectivity index (χ4v) is 3.87. The van der Waals surface area contributed by atoms with Crippen molar-refractivity contribution in [2.75, 3.05) is 39.4 Å². The van der Waals surface area contributed by atoms with Crippen LogP contribution in [0.4, 0.5) is 0 Å². The molecule has 3 atom stereocenters. The van der Waals surface area contributed by atoms with Crippen molar-refractivity contribution in [2.24, 2.45) is 5.92 Å². The lowest BCUT2D eigenvalue weighted by molar-refractivity contribution is -0.147. The number of aliphatic carboxylic acids is 1. The molecule has 3 aliphatic rings. The van der Waals surface area contributed by atoms with Gasteiger partial charge in [-0.25, -0.2) is 0 Å². The third-order valence-electron chi connectivity index (χ3n) is 4.98. The lowest BCUT2D eigenvalue weighted by atomic mass is 9.80. The largest absolute Gasteiger partial charge is 0.481 e. The number of nitrogens with zero attached hydrogens (tertiary/aromatic N) is 2. The van der Waals surface area contributed by atoms with Crippen molar-refractivity contribution in [1.82, 2.24) is 9.80 Å². The first-order valence-corrected chi connectivity index (χ1v) is 7.69. The molecule has 1 saturated heterocycles. The van der Waals surface area contributed by atoms with Crippen LogP contribution in [0.2, 0.25) is 0 Å². The molecule has 1 aliphatic carbocycles. The standard InChI is InChI=1S/C15H24N2O3/c18-15(19)13-11-12(16-5-1-2-6-16)3-4-14(13)17-7-9-20-10-8-17/h1-2,12-14H,3-11H2,(H,18,19). The van der Waals surface area contributed by atoms with Gasteiger partial charge in [0.25, 0.3) is 0 Å². The summed E-state index contributed by atoms with van der Waals surface area (Å²) in [7, 11) is 0. The predicted molar refractivity (Wildman–Crippen MR) is 75.7 cm³/mol. The summed E-state index contributed by atoms with van der Waals surface area (Å²) in [4.78, 5) is 16.4. The highest BCUT2D eigenvalue weighted by Gasteiger charge is 2.40. The Labute approximate surface area is 120 Å². The summed E-state index contributed by atoms with van der Waals surface area (Å²) in [6, 6.07) is 0.631. The van der Waals surface area contributed by atoms with Gasteiger partial charge < -0.3 is 9.84 Å². The lowest BCUT2D eigenvalue weighted by Gasteiger charge is -2.44. The molecule has 0 aromatic carbocycles. The summed E-state index contributed by atoms with van der Waals surface area (Å²) in [5.41, 5.74) is 0. The molecule has 5 nitrogen and oxygen atoms in total. The second-order valence-corrected chi connectivity index (χ2v) is 6.05. The van der Waals surface area contributed by atoms with Crippen molar-refractivity contribution in [3.63, 3.8) is 0 Å². The van der Waals surface area contributed by atoms with Crippen molar-refractivity contribution in [3.05, 3.63) is 12.2 Å². The average molecular weight is 280 g/mol. The van der Waals surface area contributed by atoms with Gasteiger partial charge in [-0.15, -0.1) is 0 Å². The SMILES string of the molecule is O=C(O)C1CC(N2CC=CC2)CCC1N1CCOCC1. The van der Waals surface area contributed by atoms with Crippen LogP contribution >= 0.6 is 0 Å². The molecule has 0 radical (unpaired) electrons. The van der Waals surface area contributed by atoms with E-state index in [9.17, 15) is 9.90 Å². The molecule has 3 unspecified atom stereocenters. The van der Waals surface area contributed by atoms with Crippen LogP contribution < -0.4 is 0 Å². The second kappa shape index (κ2) is 6.24. The van der Waals surface area contributed by atoms with E-state index in [0.29, 0.717) is 6.04 Å². The second-order valence-electron chi connectivity index (χ2n) is 6.05. The predicted octanol–water partition coefficient (Wildman–Crippen LogP) is 0.812. The van der Waals surface area contributed by atoms with Crippen LogP contribution in [0.1, 0.15) is 19.3 Å². The minimum atomic E-state index is -0.627. The minimum Gasteiger partial charge on any atom is -0.481 e. The molecule has 1 N–H and O–H groups in total. The molecule has 20 heavy (non-hydrogen) atoms. The van der Waals surface area contributed by atoms with E-state index in [1.165, 1.54) is 0 Å². The Bertz CT molecular complexity index is 371. The first-order valence-electron chi connectivity index (χ1n) is 7.69. The highest BCUT2D eigenvalue weighted by molar-refractivity contribution is 5.71. The van der Waals surface area contributed by atoms with Gasteiger partial charge in [0, 0.05) is 38.3 Å². The zero-order valence-electron chi connectivity index (χ0n) is 11.9.